The molecular formula is C14H19NO4S. The van der Waals surface area contributed by atoms with Crippen LogP contribution in [0.25, 0.3) is 0 Å². The van der Waals surface area contributed by atoms with Crippen molar-refractivity contribution in [2.75, 3.05) is 0 Å². The normalized spacial score (nSPS) is 22.4. The van der Waals surface area contributed by atoms with E-state index in [2.05, 4.69) is 4.98 Å². The van der Waals surface area contributed by atoms with Crippen molar-refractivity contribution in [3.8, 4) is 0 Å². The van der Waals surface area contributed by atoms with Crippen molar-refractivity contribution in [3.05, 3.63) is 22.5 Å². The zero-order valence-corrected chi connectivity index (χ0v) is 12.1. The van der Waals surface area contributed by atoms with Crippen LogP contribution in [0, 0.1) is 0 Å². The predicted molar refractivity (Wildman–Crippen MR) is 74.5 cm³/mol. The maximum Gasteiger partial charge on any atom is 0.337 e. The second-order valence-corrected chi connectivity index (χ2v) is 7.96. The van der Waals surface area contributed by atoms with Gasteiger partial charge in [-0.25, -0.2) is 13.2 Å². The first-order valence-corrected chi connectivity index (χ1v) is 8.97. The van der Waals surface area contributed by atoms with Gasteiger partial charge in [0.05, 0.1) is 17.1 Å². The summed E-state index contributed by atoms with van der Waals surface area (Å²) in [5, 5.41) is 9.48. The van der Waals surface area contributed by atoms with E-state index in [-0.39, 0.29) is 23.0 Å². The summed E-state index contributed by atoms with van der Waals surface area (Å²) in [6.07, 6.45) is 6.62. The van der Waals surface area contributed by atoms with Crippen LogP contribution in [0.3, 0.4) is 0 Å². The van der Waals surface area contributed by atoms with Crippen molar-refractivity contribution in [2.24, 2.45) is 0 Å². The zero-order valence-electron chi connectivity index (χ0n) is 11.3. The summed E-state index contributed by atoms with van der Waals surface area (Å²) in [7, 11) is -3.17. The maximum absolute atomic E-state index is 11.7. The molecule has 1 aromatic heterocycles. The Kier molecular flexibility index (Phi) is 3.36. The Morgan fingerprint density at radius 3 is 2.35 bits per heavy atom. The molecule has 1 aromatic rings. The van der Waals surface area contributed by atoms with Gasteiger partial charge in [-0.15, -0.1) is 0 Å². The monoisotopic (exact) mass is 297 g/mol. The largest absolute Gasteiger partial charge is 0.478 e. The van der Waals surface area contributed by atoms with Crippen LogP contribution in [-0.4, -0.2) is 24.5 Å². The molecule has 0 saturated heterocycles. The summed E-state index contributed by atoms with van der Waals surface area (Å²) in [5.41, 5.74) is 2.09. The van der Waals surface area contributed by atoms with E-state index in [1.807, 2.05) is 0 Å². The molecule has 0 unspecified atom stereocenters. The van der Waals surface area contributed by atoms with E-state index in [0.29, 0.717) is 11.3 Å². The van der Waals surface area contributed by atoms with Gasteiger partial charge in [-0.3, -0.25) is 0 Å². The minimum atomic E-state index is -3.17. The summed E-state index contributed by atoms with van der Waals surface area (Å²) in [6, 6.07) is 0. The number of rotatable bonds is 2. The molecule has 1 fully saturated rings. The third-order valence-corrected chi connectivity index (χ3v) is 5.88. The lowest BCUT2D eigenvalue weighted by Gasteiger charge is -2.14. The maximum atomic E-state index is 11.7. The Morgan fingerprint density at radius 2 is 1.75 bits per heavy atom. The number of sulfone groups is 1. The molecule has 5 nitrogen and oxygen atoms in total. The third-order valence-electron chi connectivity index (χ3n) is 4.43. The number of hydrogen-bond acceptors (Lipinski definition) is 3. The Balaban J connectivity index is 2.02. The highest BCUT2D eigenvalue weighted by atomic mass is 32.2. The molecular weight excluding hydrogens is 278 g/mol. The number of carboxylic acid groups (broad SMARTS) is 1. The van der Waals surface area contributed by atoms with E-state index < -0.39 is 15.8 Å². The molecule has 0 atom stereocenters. The van der Waals surface area contributed by atoms with Gasteiger partial charge in [-0.1, -0.05) is 25.7 Å². The molecule has 1 aliphatic heterocycles. The third kappa shape index (κ3) is 2.37. The first-order chi connectivity index (χ1) is 9.48. The van der Waals surface area contributed by atoms with Crippen LogP contribution in [0.5, 0.6) is 0 Å². The summed E-state index contributed by atoms with van der Waals surface area (Å²) >= 11 is 0. The van der Waals surface area contributed by atoms with Crippen LogP contribution in [-0.2, 0) is 21.3 Å². The molecule has 2 aliphatic rings. The fraction of sp³-hybridized carbons (Fsp3) is 0.643. The number of hydrogen-bond donors (Lipinski definition) is 2. The Morgan fingerprint density at radius 1 is 1.10 bits per heavy atom. The van der Waals surface area contributed by atoms with Gasteiger partial charge in [-0.2, -0.15) is 0 Å². The number of nitrogens with one attached hydrogen (secondary N) is 1. The standard InChI is InChI=1S/C14H19NO4S/c16-14(17)12-10-7-20(18,19)8-11(10)15-13(12)9-5-3-1-2-4-6-9/h9,15H,1-8H2,(H,16,17). The van der Waals surface area contributed by atoms with Gasteiger partial charge in [0, 0.05) is 17.0 Å². The van der Waals surface area contributed by atoms with Gasteiger partial charge in [0.1, 0.15) is 0 Å². The van der Waals surface area contributed by atoms with Gasteiger partial charge in [0.2, 0.25) is 0 Å². The van der Waals surface area contributed by atoms with Crippen molar-refractivity contribution in [3.63, 3.8) is 0 Å². The fourth-order valence-corrected chi connectivity index (χ4v) is 5.05. The van der Waals surface area contributed by atoms with Crippen LogP contribution in [0.4, 0.5) is 0 Å². The lowest BCUT2D eigenvalue weighted by molar-refractivity contribution is 0.0694. The van der Waals surface area contributed by atoms with Gasteiger partial charge < -0.3 is 10.1 Å². The van der Waals surface area contributed by atoms with Crippen LogP contribution in [0.2, 0.25) is 0 Å². The van der Waals surface area contributed by atoms with Gasteiger partial charge in [0.25, 0.3) is 0 Å². The van der Waals surface area contributed by atoms with Crippen LogP contribution in [0.15, 0.2) is 0 Å². The summed E-state index contributed by atoms with van der Waals surface area (Å²) in [4.78, 5) is 14.7. The lowest BCUT2D eigenvalue weighted by atomic mass is 9.93. The molecule has 3 rings (SSSR count). The summed E-state index contributed by atoms with van der Waals surface area (Å²) < 4.78 is 23.3. The smallest absolute Gasteiger partial charge is 0.337 e. The predicted octanol–water partition coefficient (Wildman–Crippen LogP) is 2.58. The minimum Gasteiger partial charge on any atom is -0.478 e. The van der Waals surface area contributed by atoms with Crippen molar-refractivity contribution in [1.82, 2.24) is 4.98 Å². The minimum absolute atomic E-state index is 0.0463. The molecule has 0 aromatic carbocycles. The van der Waals surface area contributed by atoms with Crippen LogP contribution < -0.4 is 0 Å². The van der Waals surface area contributed by atoms with Crippen molar-refractivity contribution in [2.45, 2.75) is 55.9 Å². The number of aromatic carboxylic acids is 1. The molecule has 110 valence electrons. The van der Waals surface area contributed by atoms with Crippen molar-refractivity contribution in [1.29, 1.82) is 0 Å². The Hall–Kier alpha value is -1.30. The van der Waals surface area contributed by atoms with Crippen LogP contribution >= 0.6 is 0 Å². The molecule has 1 saturated carbocycles. The zero-order chi connectivity index (χ0) is 14.3. The quantitative estimate of drug-likeness (QED) is 0.821. The lowest BCUT2D eigenvalue weighted by Crippen LogP contribution is -2.09. The van der Waals surface area contributed by atoms with Gasteiger partial charge >= 0.3 is 5.97 Å². The molecule has 2 heterocycles. The number of fused-ring (bicyclic) bond motifs is 1. The first kappa shape index (κ1) is 13.7. The highest BCUT2D eigenvalue weighted by Crippen LogP contribution is 2.38. The fourth-order valence-electron chi connectivity index (χ4n) is 3.51. The molecule has 0 amide bonds. The summed E-state index contributed by atoms with van der Waals surface area (Å²) in [5.74, 6) is -0.946. The topological polar surface area (TPSA) is 87.2 Å². The molecule has 0 spiro atoms. The van der Waals surface area contributed by atoms with E-state index in [0.717, 1.165) is 31.4 Å². The van der Waals surface area contributed by atoms with Crippen molar-refractivity contribution < 1.29 is 18.3 Å². The average molecular weight is 297 g/mol. The van der Waals surface area contributed by atoms with Crippen LogP contribution in [0.1, 0.15) is 71.8 Å². The Bertz CT molecular complexity index is 636. The van der Waals surface area contributed by atoms with Gasteiger partial charge in [0.15, 0.2) is 9.84 Å². The van der Waals surface area contributed by atoms with E-state index in [4.69, 9.17) is 0 Å². The molecule has 20 heavy (non-hydrogen) atoms. The highest BCUT2D eigenvalue weighted by molar-refractivity contribution is 7.90. The average Bonchev–Trinajstić information content (AvgIpc) is 2.70. The summed E-state index contributed by atoms with van der Waals surface area (Å²) in [6.45, 7) is 0. The van der Waals surface area contributed by atoms with Gasteiger partial charge in [-0.05, 0) is 18.8 Å². The second-order valence-electron chi connectivity index (χ2n) is 5.90. The number of carbonyl (C=O) groups is 1. The Labute approximate surface area is 118 Å². The molecule has 1 aliphatic carbocycles. The SMILES string of the molecule is O=C(O)c1c(C2CCCCCC2)[nH]c2c1CS(=O)(=O)C2. The molecule has 6 heteroatoms. The number of aromatic nitrogens is 1. The number of aromatic amines is 1. The highest BCUT2D eigenvalue weighted by Gasteiger charge is 2.35. The van der Waals surface area contributed by atoms with Crippen molar-refractivity contribution >= 4 is 15.8 Å². The number of carboxylic acids is 1. The van der Waals surface area contributed by atoms with E-state index in [9.17, 15) is 18.3 Å². The molecule has 0 radical (unpaired) electrons. The van der Waals surface area contributed by atoms with E-state index in [1.54, 1.807) is 0 Å². The van der Waals surface area contributed by atoms with E-state index in [1.165, 1.54) is 12.8 Å². The molecule has 0 bridgehead atoms. The van der Waals surface area contributed by atoms with E-state index >= 15 is 0 Å². The second kappa shape index (κ2) is 4.91. The number of H-pyrrole nitrogens is 1. The molecule has 2 N–H and O–H groups in total. The first-order valence-electron chi connectivity index (χ1n) is 7.15.